The summed E-state index contributed by atoms with van der Waals surface area (Å²) in [7, 11) is 1.60. The van der Waals surface area contributed by atoms with Crippen LogP contribution in [0.15, 0.2) is 11.1 Å². The number of hydrogen-bond acceptors (Lipinski definition) is 5. The first kappa shape index (κ1) is 12.6. The van der Waals surface area contributed by atoms with Gasteiger partial charge in [0.15, 0.2) is 0 Å². The van der Waals surface area contributed by atoms with Gasteiger partial charge in [0.1, 0.15) is 6.33 Å². The molecule has 0 fully saturated rings. The number of anilines is 1. The molecule has 0 atom stereocenters. The minimum Gasteiger partial charge on any atom is -0.357 e. The Labute approximate surface area is 101 Å². The maximum Gasteiger partial charge on any atom is 0.372 e. The molecule has 0 radical (unpaired) electrons. The van der Waals surface area contributed by atoms with Crippen molar-refractivity contribution < 1.29 is 4.79 Å². The van der Waals surface area contributed by atoms with Gasteiger partial charge in [-0.1, -0.05) is 6.92 Å². The summed E-state index contributed by atoms with van der Waals surface area (Å²) >= 11 is 3.00. The number of carbonyl (C=O) groups excluding carboxylic acids is 1. The standard InChI is InChI=1S/C8H12BrN5O2/c1-3-4-6(15)14(9)13-5-11-7(10-2)12-8(13)16/h5H,3-4H2,1-2H3,(H,10,12,16). The molecule has 16 heavy (non-hydrogen) atoms. The third kappa shape index (κ3) is 2.78. The van der Waals surface area contributed by atoms with Crippen LogP contribution in [0, 0.1) is 0 Å². The molecule has 1 rings (SSSR count). The van der Waals surface area contributed by atoms with Gasteiger partial charge in [0.25, 0.3) is 5.91 Å². The van der Waals surface area contributed by atoms with Gasteiger partial charge in [0, 0.05) is 13.5 Å². The van der Waals surface area contributed by atoms with E-state index in [-0.39, 0.29) is 11.9 Å². The second kappa shape index (κ2) is 5.59. The smallest absolute Gasteiger partial charge is 0.357 e. The first-order valence-corrected chi connectivity index (χ1v) is 5.43. The van der Waals surface area contributed by atoms with Crippen LogP contribution < -0.4 is 15.0 Å². The lowest BCUT2D eigenvalue weighted by Gasteiger charge is -2.14. The molecule has 0 unspecified atom stereocenters. The van der Waals surface area contributed by atoms with Crippen LogP contribution in [0.5, 0.6) is 0 Å². The molecule has 7 nitrogen and oxygen atoms in total. The van der Waals surface area contributed by atoms with Gasteiger partial charge in [-0.2, -0.15) is 13.7 Å². The summed E-state index contributed by atoms with van der Waals surface area (Å²) < 4.78 is 2.02. The highest BCUT2D eigenvalue weighted by Crippen LogP contribution is 2.01. The van der Waals surface area contributed by atoms with Crippen LogP contribution in [0.3, 0.4) is 0 Å². The van der Waals surface area contributed by atoms with Crippen LogP contribution in [0.4, 0.5) is 5.95 Å². The summed E-state index contributed by atoms with van der Waals surface area (Å²) in [5, 5.41) is 2.63. The van der Waals surface area contributed by atoms with Gasteiger partial charge in [0.2, 0.25) is 5.95 Å². The van der Waals surface area contributed by atoms with Crippen molar-refractivity contribution in [3.8, 4) is 0 Å². The fourth-order valence-electron chi connectivity index (χ4n) is 0.997. The quantitative estimate of drug-likeness (QED) is 0.804. The molecule has 88 valence electrons. The number of aromatic nitrogens is 3. The highest BCUT2D eigenvalue weighted by Gasteiger charge is 2.13. The number of carbonyl (C=O) groups is 1. The molecule has 1 aromatic heterocycles. The average Bonchev–Trinajstić information content (AvgIpc) is 2.28. The normalized spacial score (nSPS) is 9.94. The van der Waals surface area contributed by atoms with E-state index in [9.17, 15) is 9.59 Å². The second-order valence-electron chi connectivity index (χ2n) is 2.96. The molecule has 0 aromatic carbocycles. The fourth-order valence-corrected chi connectivity index (χ4v) is 1.39. The number of halogens is 1. The lowest BCUT2D eigenvalue weighted by molar-refractivity contribution is -0.118. The Morgan fingerprint density at radius 2 is 2.38 bits per heavy atom. The molecule has 1 aromatic rings. The minimum absolute atomic E-state index is 0.213. The summed E-state index contributed by atoms with van der Waals surface area (Å²) in [5.74, 6) is -0.0181. The van der Waals surface area contributed by atoms with E-state index in [1.807, 2.05) is 6.92 Å². The largest absolute Gasteiger partial charge is 0.372 e. The third-order valence-corrected chi connectivity index (χ3v) is 2.51. The predicted octanol–water partition coefficient (Wildman–Crippen LogP) is 0.255. The Morgan fingerprint density at radius 1 is 1.69 bits per heavy atom. The van der Waals surface area contributed by atoms with E-state index in [1.165, 1.54) is 6.33 Å². The molecule has 0 saturated heterocycles. The monoisotopic (exact) mass is 289 g/mol. The van der Waals surface area contributed by atoms with E-state index in [2.05, 4.69) is 31.4 Å². The molecule has 0 aliphatic heterocycles. The van der Waals surface area contributed by atoms with E-state index in [0.29, 0.717) is 12.8 Å². The summed E-state index contributed by atoms with van der Waals surface area (Å²) in [6, 6.07) is 0. The predicted molar refractivity (Wildman–Crippen MR) is 62.9 cm³/mol. The average molecular weight is 290 g/mol. The van der Waals surface area contributed by atoms with Crippen LogP contribution in [-0.4, -0.2) is 27.6 Å². The minimum atomic E-state index is -0.583. The maximum atomic E-state index is 11.5. The van der Waals surface area contributed by atoms with Crippen molar-refractivity contribution >= 4 is 28.0 Å². The van der Waals surface area contributed by atoms with Crippen LogP contribution in [-0.2, 0) is 4.79 Å². The number of nitrogens with one attached hydrogen (secondary N) is 1. The number of nitrogens with zero attached hydrogens (tertiary/aromatic N) is 4. The molecule has 0 saturated carbocycles. The van der Waals surface area contributed by atoms with E-state index >= 15 is 0 Å². The van der Waals surface area contributed by atoms with Gasteiger partial charge in [-0.3, -0.25) is 4.79 Å². The van der Waals surface area contributed by atoms with E-state index in [1.54, 1.807) is 7.05 Å². The number of amides is 1. The van der Waals surface area contributed by atoms with Gasteiger partial charge in [-0.15, -0.1) is 0 Å². The molecule has 0 bridgehead atoms. The molecule has 8 heteroatoms. The summed E-state index contributed by atoms with van der Waals surface area (Å²) in [6.07, 6.45) is 2.26. The molecule has 0 aliphatic carbocycles. The molecule has 1 N–H and O–H groups in total. The summed E-state index contributed by atoms with van der Waals surface area (Å²) in [5.41, 5.74) is -0.583. The number of hydrogen-bond donors (Lipinski definition) is 1. The lowest BCUT2D eigenvalue weighted by atomic mass is 10.3. The van der Waals surface area contributed by atoms with Gasteiger partial charge < -0.3 is 5.32 Å². The Balaban J connectivity index is 2.96. The molecule has 0 aliphatic rings. The zero-order valence-electron chi connectivity index (χ0n) is 8.97. The first-order valence-electron chi connectivity index (χ1n) is 4.72. The van der Waals surface area contributed by atoms with Crippen molar-refractivity contribution in [2.75, 3.05) is 16.4 Å². The topological polar surface area (TPSA) is 80.1 Å². The van der Waals surface area contributed by atoms with Crippen LogP contribution in [0.1, 0.15) is 19.8 Å². The van der Waals surface area contributed by atoms with Gasteiger partial charge in [0.05, 0.1) is 16.1 Å². The second-order valence-corrected chi connectivity index (χ2v) is 3.63. The van der Waals surface area contributed by atoms with Crippen molar-refractivity contribution in [2.45, 2.75) is 19.8 Å². The SMILES string of the molecule is CCCC(=O)N(Br)n1cnc(NC)nc1=O. The first-order chi connectivity index (χ1) is 7.60. The molecular formula is C8H12BrN5O2. The molecular weight excluding hydrogens is 278 g/mol. The van der Waals surface area contributed by atoms with Crippen LogP contribution in [0.25, 0.3) is 0 Å². The third-order valence-electron chi connectivity index (χ3n) is 1.77. The maximum absolute atomic E-state index is 11.5. The Bertz CT molecular complexity index is 433. The zero-order chi connectivity index (χ0) is 12.1. The van der Waals surface area contributed by atoms with E-state index in [4.69, 9.17) is 0 Å². The van der Waals surface area contributed by atoms with Gasteiger partial charge in [-0.05, 0) is 6.42 Å². The van der Waals surface area contributed by atoms with Crippen LogP contribution in [0.2, 0.25) is 0 Å². The van der Waals surface area contributed by atoms with Gasteiger partial charge in [-0.25, -0.2) is 9.78 Å². The van der Waals surface area contributed by atoms with Crippen molar-refractivity contribution in [1.82, 2.24) is 14.6 Å². The summed E-state index contributed by atoms with van der Waals surface area (Å²) in [6.45, 7) is 1.88. The number of rotatable bonds is 4. The Kier molecular flexibility index (Phi) is 4.41. The zero-order valence-corrected chi connectivity index (χ0v) is 10.6. The van der Waals surface area contributed by atoms with Crippen molar-refractivity contribution in [1.29, 1.82) is 0 Å². The van der Waals surface area contributed by atoms with Gasteiger partial charge >= 0.3 is 5.69 Å². The molecule has 1 heterocycles. The summed E-state index contributed by atoms with van der Waals surface area (Å²) in [4.78, 5) is 30.5. The van der Waals surface area contributed by atoms with E-state index in [0.717, 1.165) is 8.71 Å². The highest BCUT2D eigenvalue weighted by atomic mass is 79.9. The van der Waals surface area contributed by atoms with Crippen molar-refractivity contribution in [2.24, 2.45) is 0 Å². The Hall–Kier alpha value is -1.44. The van der Waals surface area contributed by atoms with Crippen LogP contribution >= 0.6 is 16.1 Å². The molecule has 1 amide bonds. The van der Waals surface area contributed by atoms with Crippen molar-refractivity contribution in [3.63, 3.8) is 0 Å². The fraction of sp³-hybridized carbons (Fsp3) is 0.500. The molecule has 0 spiro atoms. The van der Waals surface area contributed by atoms with E-state index < -0.39 is 5.69 Å². The highest BCUT2D eigenvalue weighted by molar-refractivity contribution is 9.10. The lowest BCUT2D eigenvalue weighted by Crippen LogP contribution is -2.40. The van der Waals surface area contributed by atoms with Crippen molar-refractivity contribution in [3.05, 3.63) is 16.8 Å². The Morgan fingerprint density at radius 3 is 2.88 bits per heavy atom.